The summed E-state index contributed by atoms with van der Waals surface area (Å²) in [5.41, 5.74) is 4.76. The Kier molecular flexibility index (Phi) is 5.41. The molecule has 0 fully saturated rings. The molecule has 0 unspecified atom stereocenters. The highest BCUT2D eigenvalue weighted by Gasteiger charge is 2.30. The highest BCUT2D eigenvalue weighted by atomic mass is 32.1. The number of rotatable bonds is 3. The number of benzene rings is 1. The molecule has 0 aliphatic carbocycles. The van der Waals surface area contributed by atoms with Crippen LogP contribution in [0, 0.1) is 6.92 Å². The molecule has 144 valence electrons. The number of amides is 2. The monoisotopic (exact) mass is 406 g/mol. The van der Waals surface area contributed by atoms with Gasteiger partial charge in [0.15, 0.2) is 0 Å². The van der Waals surface area contributed by atoms with Crippen LogP contribution in [-0.4, -0.2) is 21.8 Å². The Labute approximate surface area is 161 Å². The molecule has 2 N–H and O–H groups in total. The van der Waals surface area contributed by atoms with Gasteiger partial charge in [-0.05, 0) is 43.3 Å². The molecule has 2 amide bonds. The first kappa shape index (κ1) is 19.5. The minimum Gasteiger partial charge on any atom is -0.267 e. The summed E-state index contributed by atoms with van der Waals surface area (Å²) in [6.45, 7) is 1.66. The molecule has 0 bridgehead atoms. The van der Waals surface area contributed by atoms with E-state index in [9.17, 15) is 22.8 Å². The largest absolute Gasteiger partial charge is 0.416 e. The van der Waals surface area contributed by atoms with E-state index < -0.39 is 23.6 Å². The fourth-order valence-corrected chi connectivity index (χ4v) is 3.22. The number of pyridine rings is 1. The van der Waals surface area contributed by atoms with Crippen molar-refractivity contribution in [2.45, 2.75) is 13.1 Å². The number of thiazole rings is 1. The number of carbonyl (C=O) groups excluding carboxylic acids is 2. The van der Waals surface area contributed by atoms with E-state index in [1.54, 1.807) is 31.5 Å². The second-order valence-electron chi connectivity index (χ2n) is 5.66. The van der Waals surface area contributed by atoms with Gasteiger partial charge in [-0.1, -0.05) is 0 Å². The van der Waals surface area contributed by atoms with Crippen LogP contribution in [0.15, 0.2) is 48.8 Å². The number of alkyl halides is 3. The maximum atomic E-state index is 12.6. The number of aromatic nitrogens is 2. The van der Waals surface area contributed by atoms with Crippen LogP contribution >= 0.6 is 11.3 Å². The highest BCUT2D eigenvalue weighted by Crippen LogP contribution is 2.29. The van der Waals surface area contributed by atoms with Crippen molar-refractivity contribution in [2.75, 3.05) is 0 Å². The highest BCUT2D eigenvalue weighted by molar-refractivity contribution is 7.17. The van der Waals surface area contributed by atoms with Gasteiger partial charge in [0.2, 0.25) is 0 Å². The molecule has 0 radical (unpaired) electrons. The van der Waals surface area contributed by atoms with Crippen LogP contribution in [0.25, 0.3) is 10.6 Å². The summed E-state index contributed by atoms with van der Waals surface area (Å²) < 4.78 is 37.7. The number of carbonyl (C=O) groups is 2. The van der Waals surface area contributed by atoms with E-state index in [4.69, 9.17) is 0 Å². The van der Waals surface area contributed by atoms with Crippen molar-refractivity contribution < 1.29 is 22.8 Å². The predicted molar refractivity (Wildman–Crippen MR) is 96.5 cm³/mol. The molecule has 0 aliphatic heterocycles. The van der Waals surface area contributed by atoms with Crippen LogP contribution in [0.3, 0.4) is 0 Å². The molecule has 3 rings (SSSR count). The van der Waals surface area contributed by atoms with Crippen molar-refractivity contribution in [3.05, 3.63) is 70.5 Å². The van der Waals surface area contributed by atoms with Crippen LogP contribution in [0.4, 0.5) is 13.2 Å². The summed E-state index contributed by atoms with van der Waals surface area (Å²) in [5.74, 6) is -1.32. The summed E-state index contributed by atoms with van der Waals surface area (Å²) in [6, 6.07) is 7.20. The molecule has 0 saturated carbocycles. The molecular formula is C18H13F3N4O2S. The number of nitrogens with zero attached hydrogens (tertiary/aromatic N) is 2. The summed E-state index contributed by atoms with van der Waals surface area (Å²) >= 11 is 1.13. The molecule has 10 heteroatoms. The minimum atomic E-state index is -4.49. The van der Waals surface area contributed by atoms with Gasteiger partial charge in [-0.2, -0.15) is 13.2 Å². The lowest BCUT2D eigenvalue weighted by atomic mass is 10.1. The van der Waals surface area contributed by atoms with E-state index in [0.717, 1.165) is 41.2 Å². The lowest BCUT2D eigenvalue weighted by Gasteiger charge is -2.09. The van der Waals surface area contributed by atoms with E-state index in [1.807, 2.05) is 0 Å². The van der Waals surface area contributed by atoms with E-state index in [-0.39, 0.29) is 5.56 Å². The standard InChI is InChI=1S/C18H13F3N4O2S/c1-10-14(28-17(23-10)12-3-2-8-22-9-12)16(27)25-24-15(26)11-4-6-13(7-5-11)18(19,20)21/h2-9H,1H3,(H,24,26)(H,25,27). The Bertz CT molecular complexity index is 1000. The van der Waals surface area contributed by atoms with Crippen molar-refractivity contribution in [2.24, 2.45) is 0 Å². The predicted octanol–water partition coefficient (Wildman–Crippen LogP) is 3.61. The molecule has 2 aromatic heterocycles. The first-order valence-electron chi connectivity index (χ1n) is 7.91. The fraction of sp³-hybridized carbons (Fsp3) is 0.111. The topological polar surface area (TPSA) is 84.0 Å². The normalized spacial score (nSPS) is 11.1. The SMILES string of the molecule is Cc1nc(-c2cccnc2)sc1C(=O)NNC(=O)c1ccc(C(F)(F)F)cc1. The number of hydrogen-bond donors (Lipinski definition) is 2. The van der Waals surface area contributed by atoms with Gasteiger partial charge in [-0.15, -0.1) is 11.3 Å². The van der Waals surface area contributed by atoms with Gasteiger partial charge in [0, 0.05) is 23.5 Å². The molecule has 0 saturated heterocycles. The van der Waals surface area contributed by atoms with E-state index in [1.165, 1.54) is 0 Å². The van der Waals surface area contributed by atoms with Gasteiger partial charge in [-0.3, -0.25) is 25.4 Å². The minimum absolute atomic E-state index is 0.0228. The summed E-state index contributed by atoms with van der Waals surface area (Å²) in [6.07, 6.45) is -1.25. The zero-order valence-electron chi connectivity index (χ0n) is 14.4. The molecule has 3 aromatic rings. The maximum absolute atomic E-state index is 12.6. The average molecular weight is 406 g/mol. The molecule has 0 atom stereocenters. The van der Waals surface area contributed by atoms with Gasteiger partial charge in [0.25, 0.3) is 11.8 Å². The van der Waals surface area contributed by atoms with Gasteiger partial charge >= 0.3 is 6.18 Å². The lowest BCUT2D eigenvalue weighted by molar-refractivity contribution is -0.137. The second-order valence-corrected chi connectivity index (χ2v) is 6.66. The van der Waals surface area contributed by atoms with Crippen molar-refractivity contribution in [1.29, 1.82) is 0 Å². The summed E-state index contributed by atoms with van der Waals surface area (Å²) in [7, 11) is 0. The fourth-order valence-electron chi connectivity index (χ4n) is 2.27. The lowest BCUT2D eigenvalue weighted by Crippen LogP contribution is -2.41. The second kappa shape index (κ2) is 7.77. The number of nitrogens with one attached hydrogen (secondary N) is 2. The third-order valence-electron chi connectivity index (χ3n) is 3.68. The zero-order valence-corrected chi connectivity index (χ0v) is 15.2. The Morgan fingerprint density at radius 3 is 2.32 bits per heavy atom. The van der Waals surface area contributed by atoms with Crippen molar-refractivity contribution >= 4 is 23.2 Å². The Hall–Kier alpha value is -3.27. The number of aryl methyl sites for hydroxylation is 1. The van der Waals surface area contributed by atoms with Gasteiger partial charge in [0.1, 0.15) is 9.88 Å². The number of hydrazine groups is 1. The summed E-state index contributed by atoms with van der Waals surface area (Å²) in [5, 5.41) is 0.602. The Morgan fingerprint density at radius 1 is 1.04 bits per heavy atom. The third kappa shape index (κ3) is 4.34. The Morgan fingerprint density at radius 2 is 1.71 bits per heavy atom. The number of halogens is 3. The first-order valence-corrected chi connectivity index (χ1v) is 8.73. The zero-order chi connectivity index (χ0) is 20.3. The third-order valence-corrected chi connectivity index (χ3v) is 4.88. The summed E-state index contributed by atoms with van der Waals surface area (Å²) in [4.78, 5) is 33.0. The van der Waals surface area contributed by atoms with Gasteiger partial charge in [-0.25, -0.2) is 4.98 Å². The van der Waals surface area contributed by atoms with Crippen molar-refractivity contribution in [1.82, 2.24) is 20.8 Å². The van der Waals surface area contributed by atoms with Crippen molar-refractivity contribution in [3.63, 3.8) is 0 Å². The van der Waals surface area contributed by atoms with E-state index in [2.05, 4.69) is 20.8 Å². The van der Waals surface area contributed by atoms with Crippen LogP contribution in [-0.2, 0) is 6.18 Å². The molecule has 28 heavy (non-hydrogen) atoms. The van der Waals surface area contributed by atoms with E-state index >= 15 is 0 Å². The molecule has 0 aliphatic rings. The Balaban J connectivity index is 1.66. The van der Waals surface area contributed by atoms with Gasteiger partial charge < -0.3 is 0 Å². The first-order chi connectivity index (χ1) is 13.3. The van der Waals surface area contributed by atoms with Crippen molar-refractivity contribution in [3.8, 4) is 10.6 Å². The van der Waals surface area contributed by atoms with Crippen LogP contribution in [0.5, 0.6) is 0 Å². The molecule has 6 nitrogen and oxygen atoms in total. The average Bonchev–Trinajstić information content (AvgIpc) is 3.08. The molecule has 0 spiro atoms. The van der Waals surface area contributed by atoms with E-state index in [0.29, 0.717) is 15.6 Å². The molecular weight excluding hydrogens is 393 g/mol. The maximum Gasteiger partial charge on any atom is 0.416 e. The van der Waals surface area contributed by atoms with Crippen LogP contribution in [0.1, 0.15) is 31.3 Å². The quantitative estimate of drug-likeness (QED) is 0.651. The molecule has 2 heterocycles. The smallest absolute Gasteiger partial charge is 0.267 e. The van der Waals surface area contributed by atoms with Crippen LogP contribution in [0.2, 0.25) is 0 Å². The van der Waals surface area contributed by atoms with Crippen LogP contribution < -0.4 is 10.9 Å². The number of hydrogen-bond acceptors (Lipinski definition) is 5. The molecule has 1 aromatic carbocycles. The van der Waals surface area contributed by atoms with Gasteiger partial charge in [0.05, 0.1) is 11.3 Å².